The van der Waals surface area contributed by atoms with E-state index in [1.807, 2.05) is 43.3 Å². The third-order valence-electron chi connectivity index (χ3n) is 10.2. The number of carbonyl (C=O) groups is 2. The van der Waals surface area contributed by atoms with E-state index in [1.165, 1.54) is 11.1 Å². The first-order chi connectivity index (χ1) is 17.1. The van der Waals surface area contributed by atoms with Crippen LogP contribution in [0.4, 0.5) is 5.82 Å². The van der Waals surface area contributed by atoms with Gasteiger partial charge in [-0.3, -0.25) is 14.5 Å². The van der Waals surface area contributed by atoms with Crippen LogP contribution in [-0.4, -0.2) is 65.9 Å². The van der Waals surface area contributed by atoms with E-state index in [4.69, 9.17) is 0 Å². The molecular formula is C30H43Cl2N3O3. The number of aliphatic hydroxyl groups is 1. The molecule has 1 heterocycles. The highest BCUT2D eigenvalue weighted by Gasteiger charge is 2.64. The number of aromatic nitrogens is 1. The van der Waals surface area contributed by atoms with Crippen molar-refractivity contribution in [3.63, 3.8) is 0 Å². The molecule has 8 heteroatoms. The molecule has 0 radical (unpaired) electrons. The van der Waals surface area contributed by atoms with Gasteiger partial charge in [0.15, 0.2) is 11.6 Å². The molecule has 0 saturated heterocycles. The van der Waals surface area contributed by atoms with Gasteiger partial charge < -0.3 is 10.0 Å². The zero-order chi connectivity index (χ0) is 25.7. The minimum atomic E-state index is -1.29. The van der Waals surface area contributed by atoms with Crippen molar-refractivity contribution in [2.45, 2.75) is 64.4 Å². The molecule has 0 spiro atoms. The summed E-state index contributed by atoms with van der Waals surface area (Å²) in [7, 11) is 3.97. The third-order valence-corrected chi connectivity index (χ3v) is 10.2. The van der Waals surface area contributed by atoms with Crippen LogP contribution in [0, 0.1) is 22.7 Å². The summed E-state index contributed by atoms with van der Waals surface area (Å²) in [5.74, 6) is 1.83. The Morgan fingerprint density at radius 2 is 1.87 bits per heavy atom. The number of halogens is 2. The van der Waals surface area contributed by atoms with Crippen LogP contribution in [0.1, 0.15) is 58.8 Å². The van der Waals surface area contributed by atoms with Crippen LogP contribution in [0.2, 0.25) is 0 Å². The van der Waals surface area contributed by atoms with Gasteiger partial charge in [-0.2, -0.15) is 0 Å². The summed E-state index contributed by atoms with van der Waals surface area (Å²) >= 11 is 0. The number of nitrogens with zero attached hydrogens (tertiary/aromatic N) is 3. The van der Waals surface area contributed by atoms with Crippen molar-refractivity contribution in [1.82, 2.24) is 9.88 Å². The zero-order valence-corrected chi connectivity index (χ0v) is 24.7. The van der Waals surface area contributed by atoms with E-state index in [0.717, 1.165) is 44.5 Å². The van der Waals surface area contributed by atoms with Crippen molar-refractivity contribution in [2.75, 3.05) is 38.6 Å². The lowest BCUT2D eigenvalue weighted by Gasteiger charge is -2.54. The quantitative estimate of drug-likeness (QED) is 0.468. The van der Waals surface area contributed by atoms with E-state index in [1.54, 1.807) is 6.20 Å². The van der Waals surface area contributed by atoms with E-state index in [2.05, 4.69) is 29.8 Å². The fraction of sp³-hybridized carbons (Fsp3) is 0.633. The standard InChI is InChI=1S/C30H41N3O3.2ClH/c1-28-13-10-22(34)19-21(28)8-9-23-24(28)11-14-29(2)25(23)12-15-30(29,36)26(35)20-32(3)17-18-33(4)27-7-5-6-16-31-27;;/h5-7,11,16,19,23,25,36H,8-10,12-15,17-18,20H2,1-4H3;2*1H/t23-,25+,28+,29+,30+;;/m1../s1. The molecule has 0 aromatic carbocycles. The largest absolute Gasteiger partial charge is 0.381 e. The second-order valence-corrected chi connectivity index (χ2v) is 12.2. The van der Waals surface area contributed by atoms with Crippen LogP contribution in [0.15, 0.2) is 47.7 Å². The van der Waals surface area contributed by atoms with Crippen molar-refractivity contribution in [2.24, 2.45) is 22.7 Å². The number of fused-ring (bicyclic) bond motifs is 5. The van der Waals surface area contributed by atoms with Gasteiger partial charge in [0.25, 0.3) is 0 Å². The Morgan fingerprint density at radius 1 is 1.11 bits per heavy atom. The molecule has 0 bridgehead atoms. The second-order valence-electron chi connectivity index (χ2n) is 12.2. The first kappa shape index (κ1) is 30.8. The average molecular weight is 565 g/mol. The van der Waals surface area contributed by atoms with E-state index >= 15 is 0 Å². The van der Waals surface area contributed by atoms with Gasteiger partial charge in [-0.05, 0) is 75.6 Å². The first-order valence-corrected chi connectivity index (χ1v) is 13.6. The van der Waals surface area contributed by atoms with Crippen LogP contribution < -0.4 is 4.90 Å². The molecule has 1 N–H and O–H groups in total. The van der Waals surface area contributed by atoms with Crippen molar-refractivity contribution < 1.29 is 14.7 Å². The predicted octanol–water partition coefficient (Wildman–Crippen LogP) is 5.05. The lowest BCUT2D eigenvalue weighted by Crippen LogP contribution is -2.56. The van der Waals surface area contributed by atoms with Crippen molar-refractivity contribution in [1.29, 1.82) is 0 Å². The molecule has 38 heavy (non-hydrogen) atoms. The van der Waals surface area contributed by atoms with Gasteiger partial charge in [0, 0.05) is 43.6 Å². The van der Waals surface area contributed by atoms with E-state index in [-0.39, 0.29) is 48.3 Å². The van der Waals surface area contributed by atoms with E-state index in [0.29, 0.717) is 31.2 Å². The molecule has 210 valence electrons. The predicted molar refractivity (Wildman–Crippen MR) is 156 cm³/mol. The fourth-order valence-electron chi connectivity index (χ4n) is 7.80. The summed E-state index contributed by atoms with van der Waals surface area (Å²) in [6, 6.07) is 5.86. The molecule has 5 rings (SSSR count). The maximum atomic E-state index is 13.7. The van der Waals surface area contributed by atoms with Gasteiger partial charge in [0.05, 0.1) is 6.54 Å². The Labute approximate surface area is 239 Å². The number of allylic oxidation sites excluding steroid dienone is 4. The summed E-state index contributed by atoms with van der Waals surface area (Å²) in [4.78, 5) is 34.2. The number of ketones is 2. The highest BCUT2D eigenvalue weighted by Crippen LogP contribution is 2.65. The number of Topliss-reactive ketones (excluding diaryl/α,β-unsaturated/α-hetero) is 1. The molecule has 4 aliphatic carbocycles. The van der Waals surface area contributed by atoms with Crippen LogP contribution in [-0.2, 0) is 9.59 Å². The molecule has 0 amide bonds. The molecule has 2 fully saturated rings. The van der Waals surface area contributed by atoms with Crippen LogP contribution >= 0.6 is 24.8 Å². The van der Waals surface area contributed by atoms with Crippen molar-refractivity contribution in [3.05, 3.63) is 47.7 Å². The smallest absolute Gasteiger partial charge is 0.178 e. The summed E-state index contributed by atoms with van der Waals surface area (Å²) in [6.45, 7) is 6.19. The fourth-order valence-corrected chi connectivity index (χ4v) is 7.80. The summed E-state index contributed by atoms with van der Waals surface area (Å²) in [6.07, 6.45) is 11.7. The Kier molecular flexibility index (Phi) is 9.24. The molecule has 4 aliphatic rings. The molecule has 2 saturated carbocycles. The maximum Gasteiger partial charge on any atom is 0.178 e. The number of carbonyl (C=O) groups excluding carboxylic acids is 2. The molecule has 1 aromatic heterocycles. The number of rotatable bonds is 7. The van der Waals surface area contributed by atoms with Crippen LogP contribution in [0.5, 0.6) is 0 Å². The van der Waals surface area contributed by atoms with Crippen molar-refractivity contribution in [3.8, 4) is 0 Å². The average Bonchev–Trinajstić information content (AvgIpc) is 3.15. The van der Waals surface area contributed by atoms with Gasteiger partial charge in [-0.15, -0.1) is 24.8 Å². The summed E-state index contributed by atoms with van der Waals surface area (Å²) in [5, 5.41) is 12.0. The molecule has 5 atom stereocenters. The number of anilines is 1. The third kappa shape index (κ3) is 4.98. The number of hydrogen-bond acceptors (Lipinski definition) is 6. The first-order valence-electron chi connectivity index (χ1n) is 13.6. The summed E-state index contributed by atoms with van der Waals surface area (Å²) in [5.41, 5.74) is 1.02. The number of likely N-dealkylation sites (N-methyl/N-ethyl adjacent to an activating group) is 2. The van der Waals surface area contributed by atoms with Gasteiger partial charge in [0.2, 0.25) is 0 Å². The Balaban J connectivity index is 0.00000200. The lowest BCUT2D eigenvalue weighted by molar-refractivity contribution is -0.153. The topological polar surface area (TPSA) is 73.7 Å². The van der Waals surface area contributed by atoms with Crippen LogP contribution in [0.3, 0.4) is 0 Å². The molecular weight excluding hydrogens is 521 g/mol. The van der Waals surface area contributed by atoms with Gasteiger partial charge in [0.1, 0.15) is 11.4 Å². The Bertz CT molecular complexity index is 1110. The Morgan fingerprint density at radius 3 is 2.58 bits per heavy atom. The second kappa shape index (κ2) is 11.4. The Hall–Kier alpha value is -1.73. The van der Waals surface area contributed by atoms with Crippen molar-refractivity contribution >= 4 is 42.2 Å². The maximum absolute atomic E-state index is 13.7. The molecule has 0 aliphatic heterocycles. The monoisotopic (exact) mass is 563 g/mol. The minimum Gasteiger partial charge on any atom is -0.381 e. The molecule has 6 nitrogen and oxygen atoms in total. The SMILES string of the molecule is CN(CCN(C)c1ccccn1)CC(=O)[C@@]1(O)CC[C@H]2[C@@H]3CCC4=CC(=O)CC[C@]4(C)C3=CC[C@@]21C.Cl.Cl. The van der Waals surface area contributed by atoms with Crippen LogP contribution in [0.25, 0.3) is 0 Å². The van der Waals surface area contributed by atoms with Gasteiger partial charge in [-0.1, -0.05) is 37.1 Å². The van der Waals surface area contributed by atoms with Gasteiger partial charge >= 0.3 is 0 Å². The normalized spacial score (nSPS) is 33.6. The lowest BCUT2D eigenvalue weighted by atomic mass is 9.50. The number of pyridine rings is 1. The molecule has 0 unspecified atom stereocenters. The zero-order valence-electron chi connectivity index (χ0n) is 23.1. The number of hydrogen-bond donors (Lipinski definition) is 1. The summed E-state index contributed by atoms with van der Waals surface area (Å²) < 4.78 is 0. The highest BCUT2D eigenvalue weighted by atomic mass is 35.5. The minimum absolute atomic E-state index is 0. The van der Waals surface area contributed by atoms with E-state index in [9.17, 15) is 14.7 Å². The highest BCUT2D eigenvalue weighted by molar-refractivity contribution is 5.92. The van der Waals surface area contributed by atoms with Gasteiger partial charge in [-0.25, -0.2) is 4.98 Å². The van der Waals surface area contributed by atoms with E-state index < -0.39 is 11.0 Å². The molecule has 1 aromatic rings.